The van der Waals surface area contributed by atoms with E-state index in [1.54, 1.807) is 72.8 Å². The van der Waals surface area contributed by atoms with Gasteiger partial charge in [-0.15, -0.1) is 0 Å². The van der Waals surface area contributed by atoms with Gasteiger partial charge < -0.3 is 18.9 Å². The van der Waals surface area contributed by atoms with Gasteiger partial charge in [0.05, 0.1) is 77.0 Å². The number of esters is 4. The Morgan fingerprint density at radius 1 is 0.452 bits per heavy atom. The van der Waals surface area contributed by atoms with Gasteiger partial charge in [-0.25, -0.2) is 0 Å². The van der Waals surface area contributed by atoms with Gasteiger partial charge in [0.2, 0.25) is 0 Å². The number of ether oxygens (including phenoxy) is 4. The molecule has 0 aliphatic heterocycles. The summed E-state index contributed by atoms with van der Waals surface area (Å²) < 4.78 is 20.0. The summed E-state index contributed by atoms with van der Waals surface area (Å²) in [5.74, 6) is -7.73. The second-order valence-corrected chi connectivity index (χ2v) is 15.3. The second kappa shape index (κ2) is 16.8. The van der Waals surface area contributed by atoms with E-state index in [1.807, 2.05) is 48.6 Å². The van der Waals surface area contributed by atoms with Crippen molar-refractivity contribution in [3.63, 3.8) is 0 Å². The average Bonchev–Trinajstić information content (AvgIpc) is 3.89. The zero-order valence-electron chi connectivity index (χ0n) is 33.9. The molecule has 0 spiro atoms. The predicted octanol–water partition coefficient (Wildman–Crippen LogP) is 5.04. The van der Waals surface area contributed by atoms with Gasteiger partial charge in [-0.05, 0) is 24.0 Å². The first kappa shape index (κ1) is 44.8. The highest BCUT2D eigenvalue weighted by Crippen LogP contribution is 2.69. The van der Waals surface area contributed by atoms with E-state index in [1.165, 1.54) is 0 Å². The maximum Gasteiger partial charge on any atom is 0.324 e. The van der Waals surface area contributed by atoms with E-state index in [0.29, 0.717) is 22.3 Å². The minimum Gasteiger partial charge on any atom is -0.468 e. The number of nitrogens with zero attached hydrogens (tertiary/aromatic N) is 8. The van der Waals surface area contributed by atoms with E-state index in [2.05, 4.69) is 0 Å². The Morgan fingerprint density at radius 3 is 0.952 bits per heavy atom. The number of rotatable bonds is 6. The Balaban J connectivity index is 0.000000234. The van der Waals surface area contributed by atoms with Gasteiger partial charge in [0.15, 0.2) is 32.5 Å². The highest BCUT2D eigenvalue weighted by molar-refractivity contribution is 6.03. The average molecular weight is 829 g/mol. The summed E-state index contributed by atoms with van der Waals surface area (Å²) in [6.45, 7) is 0. The number of hydrogen-bond acceptors (Lipinski definition) is 16. The first-order chi connectivity index (χ1) is 29.7. The molecular formula is C46H36N8O8. The van der Waals surface area contributed by atoms with Gasteiger partial charge in [0, 0.05) is 36.5 Å². The maximum absolute atomic E-state index is 13.1. The van der Waals surface area contributed by atoms with Gasteiger partial charge in [-0.3, -0.25) is 19.2 Å². The van der Waals surface area contributed by atoms with Crippen LogP contribution in [-0.4, -0.2) is 52.3 Å². The van der Waals surface area contributed by atoms with Crippen molar-refractivity contribution in [3.05, 3.63) is 95.1 Å². The topological polar surface area (TPSA) is 296 Å². The van der Waals surface area contributed by atoms with Crippen molar-refractivity contribution in [2.75, 3.05) is 28.4 Å². The summed E-state index contributed by atoms with van der Waals surface area (Å²) in [6.07, 6.45) is 2.55. The fraction of sp³-hybridized carbons (Fsp3) is 0.391. The molecule has 16 nitrogen and oxygen atoms in total. The zero-order chi connectivity index (χ0) is 45.7. The number of carbonyl (C=O) groups is 4. The maximum atomic E-state index is 13.1. The summed E-state index contributed by atoms with van der Waals surface area (Å²) in [5.41, 5.74) is -9.98. The normalized spacial score (nSPS) is 24.0. The van der Waals surface area contributed by atoms with Crippen molar-refractivity contribution in [2.24, 2.45) is 44.3 Å². The molecule has 4 atom stereocenters. The fourth-order valence-corrected chi connectivity index (χ4v) is 10.2. The van der Waals surface area contributed by atoms with E-state index in [0.717, 1.165) is 28.4 Å². The van der Waals surface area contributed by atoms with Gasteiger partial charge >= 0.3 is 23.9 Å². The Labute approximate surface area is 357 Å². The molecule has 2 aromatic rings. The predicted molar refractivity (Wildman–Crippen MR) is 208 cm³/mol. The SMILES string of the molecule is COC(=O)C1(C(=O)OC)CC2=CCC(C#N)(C#N)C(C#N)(C#N)[C@H]2[C@@H]1c1ccccc1.COC(=O)C1(C(=O)OC)CC2=CCC(C#N)(C#N)C(C#N)(C#N)[C@H]2[C@@H]1c1ccccc1. The van der Waals surface area contributed by atoms with E-state index < -0.39 is 80.0 Å². The Hall–Kier alpha value is -8.28. The zero-order valence-corrected chi connectivity index (χ0v) is 33.9. The van der Waals surface area contributed by atoms with Crippen LogP contribution in [-0.2, 0) is 38.1 Å². The number of carbonyl (C=O) groups excluding carboxylic acids is 4. The van der Waals surface area contributed by atoms with Crippen molar-refractivity contribution in [1.29, 1.82) is 42.1 Å². The molecule has 62 heavy (non-hydrogen) atoms. The number of benzene rings is 2. The standard InChI is InChI=1S/2C23H18N4O4/c2*1-30-19(28)23(20(29)31-2)10-16-8-9-21(11-24,12-25)22(13-26,14-27)17(16)18(23)15-6-4-3-5-7-15/h2*3-8,17-18H,9-10H2,1-2H3/t2*17-,18+/m11/s1. The molecule has 0 heterocycles. The molecule has 4 aliphatic rings. The fourth-order valence-electron chi connectivity index (χ4n) is 10.2. The summed E-state index contributed by atoms with van der Waals surface area (Å²) in [4.78, 5) is 52.4. The van der Waals surface area contributed by atoms with Crippen LogP contribution in [0.25, 0.3) is 0 Å². The Morgan fingerprint density at radius 2 is 0.726 bits per heavy atom. The third-order valence-electron chi connectivity index (χ3n) is 13.1. The summed E-state index contributed by atoms with van der Waals surface area (Å²) in [6, 6.07) is 32.2. The summed E-state index contributed by atoms with van der Waals surface area (Å²) in [5, 5.41) is 80.2. The molecule has 2 fully saturated rings. The van der Waals surface area contributed by atoms with Gasteiger partial charge in [-0.2, -0.15) is 42.1 Å². The van der Waals surface area contributed by atoms with E-state index in [9.17, 15) is 61.3 Å². The molecule has 0 amide bonds. The number of hydrogen-bond donors (Lipinski definition) is 0. The molecular weight excluding hydrogens is 793 g/mol. The van der Waals surface area contributed by atoms with Crippen LogP contribution < -0.4 is 0 Å². The largest absolute Gasteiger partial charge is 0.468 e. The lowest BCUT2D eigenvalue weighted by molar-refractivity contribution is -0.172. The summed E-state index contributed by atoms with van der Waals surface area (Å²) >= 11 is 0. The van der Waals surface area contributed by atoms with Crippen molar-refractivity contribution in [3.8, 4) is 48.6 Å². The molecule has 0 radical (unpaired) electrons. The molecule has 0 aromatic heterocycles. The van der Waals surface area contributed by atoms with E-state index >= 15 is 0 Å². The van der Waals surface area contributed by atoms with Crippen molar-refractivity contribution in [2.45, 2.75) is 37.5 Å². The second-order valence-electron chi connectivity index (χ2n) is 15.3. The lowest BCUT2D eigenvalue weighted by Gasteiger charge is -2.43. The third kappa shape index (κ3) is 5.78. The van der Waals surface area contributed by atoms with Crippen molar-refractivity contribution >= 4 is 23.9 Å². The quantitative estimate of drug-likeness (QED) is 0.159. The van der Waals surface area contributed by atoms with Crippen LogP contribution in [0.1, 0.15) is 48.6 Å². The van der Waals surface area contributed by atoms with Crippen LogP contribution in [0.5, 0.6) is 0 Å². The highest BCUT2D eigenvalue weighted by atomic mass is 16.6. The number of nitriles is 8. The van der Waals surface area contributed by atoms with E-state index in [-0.39, 0.29) is 25.7 Å². The molecule has 16 heteroatoms. The molecule has 0 bridgehead atoms. The minimum absolute atomic E-state index is 0.144. The van der Waals surface area contributed by atoms with Crippen LogP contribution in [0, 0.1) is 135 Å². The Kier molecular flexibility index (Phi) is 12.1. The number of fused-ring (bicyclic) bond motifs is 2. The van der Waals surface area contributed by atoms with E-state index in [4.69, 9.17) is 18.9 Å². The highest BCUT2D eigenvalue weighted by Gasteiger charge is 2.74. The van der Waals surface area contributed by atoms with Crippen LogP contribution in [0.3, 0.4) is 0 Å². The molecule has 0 saturated heterocycles. The monoisotopic (exact) mass is 828 g/mol. The number of allylic oxidation sites excluding steroid dienone is 4. The molecule has 2 aromatic carbocycles. The first-order valence-electron chi connectivity index (χ1n) is 18.9. The van der Waals surface area contributed by atoms with Crippen molar-refractivity contribution < 1.29 is 38.1 Å². The molecule has 6 rings (SSSR count). The van der Waals surface area contributed by atoms with Gasteiger partial charge in [-0.1, -0.05) is 84.0 Å². The van der Waals surface area contributed by atoms with Crippen LogP contribution in [0.15, 0.2) is 84.0 Å². The van der Waals surface area contributed by atoms with Crippen LogP contribution in [0.2, 0.25) is 0 Å². The molecule has 2 saturated carbocycles. The summed E-state index contributed by atoms with van der Waals surface area (Å²) in [7, 11) is 4.56. The minimum atomic E-state index is -2.12. The number of methoxy groups -OCH3 is 4. The smallest absolute Gasteiger partial charge is 0.324 e. The lowest BCUT2D eigenvalue weighted by Crippen LogP contribution is -2.50. The van der Waals surface area contributed by atoms with Gasteiger partial charge in [0.25, 0.3) is 0 Å². The van der Waals surface area contributed by atoms with Crippen molar-refractivity contribution in [1.82, 2.24) is 0 Å². The molecule has 0 unspecified atom stereocenters. The molecule has 0 N–H and O–H groups in total. The Bertz CT molecular complexity index is 2350. The lowest BCUT2D eigenvalue weighted by atomic mass is 9.51. The van der Waals surface area contributed by atoms with Crippen LogP contribution in [0.4, 0.5) is 0 Å². The molecule has 308 valence electrons. The van der Waals surface area contributed by atoms with Gasteiger partial charge in [0.1, 0.15) is 0 Å². The van der Waals surface area contributed by atoms with Crippen LogP contribution >= 0.6 is 0 Å². The molecule has 4 aliphatic carbocycles. The first-order valence-corrected chi connectivity index (χ1v) is 18.9. The third-order valence-corrected chi connectivity index (χ3v) is 13.1.